The van der Waals surface area contributed by atoms with Crippen LogP contribution in [-0.2, 0) is 0 Å². The fraction of sp³-hybridized carbons (Fsp3) is 0. The Morgan fingerprint density at radius 3 is 1.92 bits per heavy atom. The Morgan fingerprint density at radius 1 is 0.920 bits per heavy atom. The average molecular weight is 405 g/mol. The first kappa shape index (κ1) is 19.3. The van der Waals surface area contributed by atoms with Crippen molar-refractivity contribution in [3.05, 3.63) is 66.2 Å². The van der Waals surface area contributed by atoms with E-state index in [2.05, 4.69) is 15.9 Å². The number of benzene rings is 2. The zero-order chi connectivity index (χ0) is 19.1. The SMILES string of the molecule is N#Cc1cc([N+](=O)[O-])cc(Br)c1N.N#Cc1cc([N+](=O)[O-])ccc1N. The third kappa shape index (κ3) is 4.89. The van der Waals surface area contributed by atoms with Gasteiger partial charge in [0.25, 0.3) is 11.4 Å². The molecule has 25 heavy (non-hydrogen) atoms. The summed E-state index contributed by atoms with van der Waals surface area (Å²) in [5.74, 6) is 0. The highest BCUT2D eigenvalue weighted by Crippen LogP contribution is 2.28. The second-order valence-electron chi connectivity index (χ2n) is 4.40. The molecule has 0 fully saturated rings. The van der Waals surface area contributed by atoms with E-state index in [9.17, 15) is 20.2 Å². The Hall–Kier alpha value is -3.70. The van der Waals surface area contributed by atoms with Crippen LogP contribution in [0.4, 0.5) is 22.7 Å². The number of nitro groups is 2. The average Bonchev–Trinajstić information content (AvgIpc) is 2.57. The molecule has 4 N–H and O–H groups in total. The monoisotopic (exact) mass is 404 g/mol. The number of hydrogen-bond acceptors (Lipinski definition) is 8. The van der Waals surface area contributed by atoms with Crippen molar-refractivity contribution in [1.82, 2.24) is 0 Å². The van der Waals surface area contributed by atoms with Crippen LogP contribution >= 0.6 is 15.9 Å². The van der Waals surface area contributed by atoms with Crippen molar-refractivity contribution in [2.45, 2.75) is 0 Å². The second kappa shape index (κ2) is 8.24. The molecule has 10 nitrogen and oxygen atoms in total. The number of nitrogens with two attached hydrogens (primary N) is 2. The summed E-state index contributed by atoms with van der Waals surface area (Å²) < 4.78 is 0.359. The highest BCUT2D eigenvalue weighted by Gasteiger charge is 2.12. The Labute approximate surface area is 149 Å². The van der Waals surface area contributed by atoms with Crippen LogP contribution in [0.25, 0.3) is 0 Å². The topological polar surface area (TPSA) is 186 Å². The molecular formula is C14H9BrN6O4. The van der Waals surface area contributed by atoms with E-state index in [1.54, 1.807) is 12.1 Å². The molecule has 2 rings (SSSR count). The second-order valence-corrected chi connectivity index (χ2v) is 5.25. The van der Waals surface area contributed by atoms with Gasteiger partial charge in [0.2, 0.25) is 0 Å². The van der Waals surface area contributed by atoms with Crippen molar-refractivity contribution in [2.24, 2.45) is 0 Å². The molecule has 0 unspecified atom stereocenters. The van der Waals surface area contributed by atoms with Gasteiger partial charge < -0.3 is 11.5 Å². The molecule has 0 atom stereocenters. The van der Waals surface area contributed by atoms with Crippen molar-refractivity contribution >= 4 is 38.7 Å². The molecule has 0 amide bonds. The summed E-state index contributed by atoms with van der Waals surface area (Å²) >= 11 is 3.03. The van der Waals surface area contributed by atoms with Gasteiger partial charge in [-0.15, -0.1) is 0 Å². The largest absolute Gasteiger partial charge is 0.398 e. The number of nitriles is 2. The maximum Gasteiger partial charge on any atom is 0.272 e. The fourth-order valence-electron chi connectivity index (χ4n) is 1.56. The van der Waals surface area contributed by atoms with Crippen molar-refractivity contribution in [1.29, 1.82) is 10.5 Å². The summed E-state index contributed by atoms with van der Waals surface area (Å²) in [7, 11) is 0. The molecular weight excluding hydrogens is 396 g/mol. The Bertz CT molecular complexity index is 932. The molecule has 0 saturated carbocycles. The predicted molar refractivity (Wildman–Crippen MR) is 92.1 cm³/mol. The van der Waals surface area contributed by atoms with Crippen LogP contribution < -0.4 is 11.5 Å². The summed E-state index contributed by atoms with van der Waals surface area (Å²) in [5.41, 5.74) is 11.2. The minimum Gasteiger partial charge on any atom is -0.398 e. The molecule has 0 spiro atoms. The lowest BCUT2D eigenvalue weighted by molar-refractivity contribution is -0.385. The Morgan fingerprint density at radius 2 is 1.44 bits per heavy atom. The van der Waals surface area contributed by atoms with Crippen LogP contribution in [0.3, 0.4) is 0 Å². The van der Waals surface area contributed by atoms with Crippen LogP contribution in [-0.4, -0.2) is 9.85 Å². The van der Waals surface area contributed by atoms with E-state index in [1.165, 1.54) is 18.2 Å². The number of anilines is 2. The van der Waals surface area contributed by atoms with Crippen LogP contribution in [0.5, 0.6) is 0 Å². The lowest BCUT2D eigenvalue weighted by Crippen LogP contribution is -1.95. The van der Waals surface area contributed by atoms with Gasteiger partial charge in [0.15, 0.2) is 0 Å². The first-order valence-corrected chi connectivity index (χ1v) is 7.08. The van der Waals surface area contributed by atoms with E-state index in [-0.39, 0.29) is 33.9 Å². The van der Waals surface area contributed by atoms with E-state index >= 15 is 0 Å². The van der Waals surface area contributed by atoms with Crippen LogP contribution in [0.1, 0.15) is 11.1 Å². The van der Waals surface area contributed by atoms with E-state index in [0.717, 1.165) is 12.1 Å². The normalized spacial score (nSPS) is 9.08. The zero-order valence-electron chi connectivity index (χ0n) is 12.3. The molecule has 2 aromatic carbocycles. The minimum atomic E-state index is -0.578. The number of hydrogen-bond donors (Lipinski definition) is 2. The van der Waals surface area contributed by atoms with Crippen molar-refractivity contribution in [3.8, 4) is 12.1 Å². The number of non-ortho nitro benzene ring substituents is 2. The van der Waals surface area contributed by atoms with E-state index in [4.69, 9.17) is 22.0 Å². The highest BCUT2D eigenvalue weighted by molar-refractivity contribution is 9.10. The molecule has 2 aromatic rings. The number of rotatable bonds is 2. The maximum atomic E-state index is 10.4. The van der Waals surface area contributed by atoms with Gasteiger partial charge in [0, 0.05) is 34.4 Å². The number of nitrogens with zero attached hydrogens (tertiary/aromatic N) is 4. The van der Waals surface area contributed by atoms with E-state index in [0.29, 0.717) is 4.47 Å². The van der Waals surface area contributed by atoms with Crippen LogP contribution in [0.2, 0.25) is 0 Å². The minimum absolute atomic E-state index is 0.0982. The summed E-state index contributed by atoms with van der Waals surface area (Å²) in [5, 5.41) is 37.7. The van der Waals surface area contributed by atoms with Crippen molar-refractivity contribution in [3.63, 3.8) is 0 Å². The zero-order valence-corrected chi connectivity index (χ0v) is 13.9. The molecule has 0 bridgehead atoms. The quantitative estimate of drug-likeness (QED) is 0.433. The van der Waals surface area contributed by atoms with Gasteiger partial charge in [-0.2, -0.15) is 10.5 Å². The van der Waals surface area contributed by atoms with Gasteiger partial charge in [0.05, 0.1) is 26.7 Å². The fourth-order valence-corrected chi connectivity index (χ4v) is 2.00. The lowest BCUT2D eigenvalue weighted by Gasteiger charge is -1.99. The summed E-state index contributed by atoms with van der Waals surface area (Å²) in [4.78, 5) is 19.5. The van der Waals surface area contributed by atoms with Crippen molar-refractivity contribution < 1.29 is 9.85 Å². The smallest absolute Gasteiger partial charge is 0.272 e. The summed E-state index contributed by atoms with van der Waals surface area (Å²) in [6.07, 6.45) is 0. The third-order valence-corrected chi connectivity index (χ3v) is 3.47. The standard InChI is InChI=1S/C7H4BrN3O2.C7H5N3O2/c8-6-2-5(11(12)13)1-4(3-9)7(6)10;8-4-5-3-6(10(11)12)1-2-7(5)9/h1-2H,10H2;1-3H,9H2. The van der Waals surface area contributed by atoms with Gasteiger partial charge in [-0.25, -0.2) is 0 Å². The number of nitrogen functional groups attached to an aromatic ring is 2. The molecule has 126 valence electrons. The Kier molecular flexibility index (Phi) is 6.37. The van der Waals surface area contributed by atoms with Gasteiger partial charge in [-0.3, -0.25) is 20.2 Å². The van der Waals surface area contributed by atoms with E-state index < -0.39 is 9.85 Å². The van der Waals surface area contributed by atoms with E-state index in [1.807, 2.05) is 0 Å². The first-order valence-electron chi connectivity index (χ1n) is 6.28. The van der Waals surface area contributed by atoms with Gasteiger partial charge in [0.1, 0.15) is 12.1 Å². The maximum absolute atomic E-state index is 10.4. The predicted octanol–water partition coefficient (Wildman–Crippen LogP) is 2.86. The first-order chi connectivity index (χ1) is 11.7. The number of nitro benzene ring substituents is 2. The van der Waals surface area contributed by atoms with Gasteiger partial charge in [-0.1, -0.05) is 0 Å². The van der Waals surface area contributed by atoms with Crippen LogP contribution in [0, 0.1) is 42.9 Å². The lowest BCUT2D eigenvalue weighted by atomic mass is 10.2. The van der Waals surface area contributed by atoms with Crippen LogP contribution in [0.15, 0.2) is 34.8 Å². The highest BCUT2D eigenvalue weighted by atomic mass is 79.9. The molecule has 0 heterocycles. The molecule has 11 heteroatoms. The summed E-state index contributed by atoms with van der Waals surface area (Å²) in [6.45, 7) is 0. The molecule has 0 aliphatic heterocycles. The third-order valence-electron chi connectivity index (χ3n) is 2.81. The molecule has 0 aliphatic carbocycles. The molecule has 0 radical (unpaired) electrons. The van der Waals surface area contributed by atoms with Crippen molar-refractivity contribution in [2.75, 3.05) is 11.5 Å². The Balaban J connectivity index is 0.000000251. The molecule has 0 aliphatic rings. The molecule has 0 aromatic heterocycles. The molecule has 0 saturated heterocycles. The van der Waals surface area contributed by atoms with Gasteiger partial charge >= 0.3 is 0 Å². The number of halogens is 1. The summed E-state index contributed by atoms with van der Waals surface area (Å²) in [6, 6.07) is 9.68. The van der Waals surface area contributed by atoms with Gasteiger partial charge in [-0.05, 0) is 22.0 Å².